The lowest BCUT2D eigenvalue weighted by molar-refractivity contribution is -0.119. The highest BCUT2D eigenvalue weighted by Crippen LogP contribution is 2.25. The Labute approximate surface area is 64.0 Å². The van der Waals surface area contributed by atoms with E-state index in [0.717, 1.165) is 0 Å². The van der Waals surface area contributed by atoms with Crippen LogP contribution in [0.2, 0.25) is 0 Å². The van der Waals surface area contributed by atoms with Gasteiger partial charge < -0.3 is 5.32 Å². The van der Waals surface area contributed by atoms with Crippen molar-refractivity contribution >= 4 is 5.91 Å². The van der Waals surface area contributed by atoms with E-state index >= 15 is 0 Å². The Morgan fingerprint density at radius 3 is 2.18 bits per heavy atom. The van der Waals surface area contributed by atoms with Crippen LogP contribution in [0, 0.1) is 0 Å². The second kappa shape index (κ2) is 3.15. The minimum Gasteiger partial charge on any atom is -0.353 e. The highest BCUT2D eigenvalue weighted by Gasteiger charge is 2.34. The number of rotatable bonds is 1. The fourth-order valence-electron chi connectivity index (χ4n) is 1.34. The summed E-state index contributed by atoms with van der Waals surface area (Å²) in [6, 6.07) is -0.308. The number of alkyl halides is 2. The van der Waals surface area contributed by atoms with E-state index in [1.165, 1.54) is 6.92 Å². The van der Waals surface area contributed by atoms with E-state index in [4.69, 9.17) is 0 Å². The normalized spacial score (nSPS) is 37.2. The van der Waals surface area contributed by atoms with Gasteiger partial charge in [0.25, 0.3) is 0 Å². The quantitative estimate of drug-likeness (QED) is 0.613. The van der Waals surface area contributed by atoms with E-state index in [9.17, 15) is 13.6 Å². The smallest absolute Gasteiger partial charge is 0.217 e. The van der Waals surface area contributed by atoms with Gasteiger partial charge in [0.1, 0.15) is 12.3 Å². The van der Waals surface area contributed by atoms with Gasteiger partial charge in [-0.3, -0.25) is 4.79 Å². The Hall–Kier alpha value is -0.670. The van der Waals surface area contributed by atoms with Crippen LogP contribution in [0.3, 0.4) is 0 Å². The first kappa shape index (κ1) is 8.43. The Balaban J connectivity index is 2.35. The summed E-state index contributed by atoms with van der Waals surface area (Å²) in [5.41, 5.74) is 0. The van der Waals surface area contributed by atoms with Crippen LogP contribution < -0.4 is 5.32 Å². The summed E-state index contributed by atoms with van der Waals surface area (Å²) < 4.78 is 25.0. The molecule has 2 atom stereocenters. The van der Waals surface area contributed by atoms with E-state index in [-0.39, 0.29) is 24.8 Å². The summed E-state index contributed by atoms with van der Waals surface area (Å²) in [6.45, 7) is 1.35. The zero-order valence-corrected chi connectivity index (χ0v) is 6.31. The van der Waals surface area contributed by atoms with E-state index < -0.39 is 12.3 Å². The Bertz CT molecular complexity index is 153. The van der Waals surface area contributed by atoms with Gasteiger partial charge in [0.05, 0.1) is 0 Å². The molecule has 2 unspecified atom stereocenters. The minimum atomic E-state index is -1.40. The molecule has 0 aliphatic heterocycles. The molecule has 11 heavy (non-hydrogen) atoms. The molecule has 64 valence electrons. The van der Waals surface area contributed by atoms with Crippen LogP contribution in [0.25, 0.3) is 0 Å². The lowest BCUT2D eigenvalue weighted by atomic mass is 10.2. The third-order valence-electron chi connectivity index (χ3n) is 1.82. The number of hydrogen-bond acceptors (Lipinski definition) is 1. The molecule has 0 bridgehead atoms. The van der Waals surface area contributed by atoms with Crippen molar-refractivity contribution in [2.45, 2.75) is 38.2 Å². The van der Waals surface area contributed by atoms with E-state index in [1.807, 2.05) is 0 Å². The summed E-state index contributed by atoms with van der Waals surface area (Å²) in [6.07, 6.45) is -2.57. The van der Waals surface area contributed by atoms with Crippen molar-refractivity contribution in [3.63, 3.8) is 0 Å². The molecule has 1 aliphatic carbocycles. The number of amides is 1. The fourth-order valence-corrected chi connectivity index (χ4v) is 1.34. The molecule has 1 saturated carbocycles. The number of halogens is 2. The monoisotopic (exact) mass is 163 g/mol. The molecule has 0 radical (unpaired) electrons. The molecule has 0 aromatic rings. The van der Waals surface area contributed by atoms with Crippen molar-refractivity contribution in [1.82, 2.24) is 5.32 Å². The van der Waals surface area contributed by atoms with E-state index in [2.05, 4.69) is 5.32 Å². The average Bonchev–Trinajstić information content (AvgIpc) is 2.10. The predicted octanol–water partition coefficient (Wildman–Crippen LogP) is 0.961. The lowest BCUT2D eigenvalue weighted by Crippen LogP contribution is -2.31. The number of hydrogen-bond donors (Lipinski definition) is 1. The highest BCUT2D eigenvalue weighted by molar-refractivity contribution is 5.73. The molecular weight excluding hydrogens is 152 g/mol. The molecule has 0 heterocycles. The second-order valence-corrected chi connectivity index (χ2v) is 2.90. The molecule has 2 nitrogen and oxygen atoms in total. The van der Waals surface area contributed by atoms with Crippen molar-refractivity contribution in [3.05, 3.63) is 0 Å². The third-order valence-corrected chi connectivity index (χ3v) is 1.82. The second-order valence-electron chi connectivity index (χ2n) is 2.90. The van der Waals surface area contributed by atoms with Crippen LogP contribution in [0.15, 0.2) is 0 Å². The SMILES string of the molecule is CC(=O)NC1CC(F)C(F)C1. The van der Waals surface area contributed by atoms with Crippen LogP contribution in [-0.2, 0) is 4.79 Å². The summed E-state index contributed by atoms with van der Waals surface area (Å²) in [5.74, 6) is -0.226. The van der Waals surface area contributed by atoms with Crippen molar-refractivity contribution in [2.24, 2.45) is 0 Å². The van der Waals surface area contributed by atoms with Crippen LogP contribution in [0.4, 0.5) is 8.78 Å². The van der Waals surface area contributed by atoms with Crippen LogP contribution >= 0.6 is 0 Å². The van der Waals surface area contributed by atoms with Gasteiger partial charge in [-0.2, -0.15) is 0 Å². The average molecular weight is 163 g/mol. The topological polar surface area (TPSA) is 29.1 Å². The van der Waals surface area contributed by atoms with E-state index in [0.29, 0.717) is 0 Å². The maximum Gasteiger partial charge on any atom is 0.217 e. The van der Waals surface area contributed by atoms with Crippen molar-refractivity contribution in [1.29, 1.82) is 0 Å². The largest absolute Gasteiger partial charge is 0.353 e. The molecular formula is C7H11F2NO. The summed E-state index contributed by atoms with van der Waals surface area (Å²) in [7, 11) is 0. The first-order valence-electron chi connectivity index (χ1n) is 3.65. The summed E-state index contributed by atoms with van der Waals surface area (Å²) in [5, 5.41) is 2.48. The molecule has 1 rings (SSSR count). The lowest BCUT2D eigenvalue weighted by Gasteiger charge is -2.07. The highest BCUT2D eigenvalue weighted by atomic mass is 19.2. The van der Waals surface area contributed by atoms with Gasteiger partial charge in [-0.15, -0.1) is 0 Å². The molecule has 1 aliphatic rings. The predicted molar refractivity (Wildman–Crippen MR) is 36.6 cm³/mol. The molecule has 0 saturated heterocycles. The van der Waals surface area contributed by atoms with Crippen molar-refractivity contribution in [3.8, 4) is 0 Å². The van der Waals surface area contributed by atoms with Gasteiger partial charge in [-0.1, -0.05) is 0 Å². The minimum absolute atomic E-state index is 0.112. The number of carbonyl (C=O) groups is 1. The molecule has 0 aromatic carbocycles. The molecule has 1 N–H and O–H groups in total. The van der Waals surface area contributed by atoms with Crippen LogP contribution in [-0.4, -0.2) is 24.3 Å². The standard InChI is InChI=1S/C7H11F2NO/c1-4(11)10-5-2-6(8)7(9)3-5/h5-7H,2-3H2,1H3,(H,10,11). The van der Waals surface area contributed by atoms with Gasteiger partial charge in [-0.25, -0.2) is 8.78 Å². The maximum atomic E-state index is 12.5. The Kier molecular flexibility index (Phi) is 2.42. The molecule has 0 spiro atoms. The zero-order chi connectivity index (χ0) is 8.43. The van der Waals surface area contributed by atoms with Crippen LogP contribution in [0.1, 0.15) is 19.8 Å². The number of carbonyl (C=O) groups excluding carboxylic acids is 1. The first-order valence-corrected chi connectivity index (χ1v) is 3.65. The molecule has 4 heteroatoms. The van der Waals surface area contributed by atoms with Crippen molar-refractivity contribution in [2.75, 3.05) is 0 Å². The van der Waals surface area contributed by atoms with E-state index in [1.54, 1.807) is 0 Å². The summed E-state index contributed by atoms with van der Waals surface area (Å²) >= 11 is 0. The Morgan fingerprint density at radius 2 is 1.82 bits per heavy atom. The Morgan fingerprint density at radius 1 is 1.36 bits per heavy atom. The summed E-state index contributed by atoms with van der Waals surface area (Å²) in [4.78, 5) is 10.5. The van der Waals surface area contributed by atoms with Gasteiger partial charge in [0, 0.05) is 25.8 Å². The third kappa shape index (κ3) is 2.13. The molecule has 1 fully saturated rings. The van der Waals surface area contributed by atoms with Gasteiger partial charge in [-0.05, 0) is 0 Å². The molecule has 1 amide bonds. The van der Waals surface area contributed by atoms with Gasteiger partial charge in [0.15, 0.2) is 0 Å². The molecule has 0 aromatic heterocycles. The number of nitrogens with one attached hydrogen (secondary N) is 1. The van der Waals surface area contributed by atoms with Gasteiger partial charge in [0.2, 0.25) is 5.91 Å². The van der Waals surface area contributed by atoms with Crippen LogP contribution in [0.5, 0.6) is 0 Å². The van der Waals surface area contributed by atoms with Crippen molar-refractivity contribution < 1.29 is 13.6 Å². The first-order chi connectivity index (χ1) is 5.09. The maximum absolute atomic E-state index is 12.5. The van der Waals surface area contributed by atoms with Gasteiger partial charge >= 0.3 is 0 Å². The zero-order valence-electron chi connectivity index (χ0n) is 6.31. The fraction of sp³-hybridized carbons (Fsp3) is 0.857.